The second kappa shape index (κ2) is 15.6. The van der Waals surface area contributed by atoms with Gasteiger partial charge >= 0.3 is 0 Å². The van der Waals surface area contributed by atoms with Crippen molar-refractivity contribution in [3.8, 4) is 0 Å². The number of fused-ring (bicyclic) bond motifs is 2. The Bertz CT molecular complexity index is 1290. The summed E-state index contributed by atoms with van der Waals surface area (Å²) in [4.78, 5) is 0. The molecule has 0 aromatic heterocycles. The molecular formula is C36H44N2P2. The van der Waals surface area contributed by atoms with Gasteiger partial charge in [-0.3, -0.25) is 0 Å². The Balaban J connectivity index is 1.51. The zero-order valence-corrected chi connectivity index (χ0v) is 25.7. The Morgan fingerprint density at radius 1 is 0.625 bits per heavy atom. The van der Waals surface area contributed by atoms with Gasteiger partial charge in [-0.05, 0) is 73.4 Å². The summed E-state index contributed by atoms with van der Waals surface area (Å²) in [6, 6.07) is 41.5. The lowest BCUT2D eigenvalue weighted by Crippen LogP contribution is -2.39. The standard InChI is InChI=1S/C36H44N2P2/c1-2-3-6-18-32-29-37-27-30-16-11-13-23-35(30)39(33-19-7-4-8-20-33)25-15-26-40(34-21-9-5-10-22-34)36-24-14-12-17-31(36)28-38-32/h4-5,7-14,16-17,19-24,32,37-38H,2-3,6,15,18,25-29H2,1H3/t32-,39-,40-/m0/s1. The van der Waals surface area contributed by atoms with Gasteiger partial charge in [0.15, 0.2) is 0 Å². The first-order chi connectivity index (χ1) is 19.8. The molecule has 5 rings (SSSR count). The Morgan fingerprint density at radius 3 is 1.73 bits per heavy atom. The van der Waals surface area contributed by atoms with E-state index in [0.29, 0.717) is 6.04 Å². The van der Waals surface area contributed by atoms with E-state index < -0.39 is 15.8 Å². The van der Waals surface area contributed by atoms with Crippen LogP contribution in [0.3, 0.4) is 0 Å². The van der Waals surface area contributed by atoms with Gasteiger partial charge in [0.25, 0.3) is 0 Å². The molecule has 3 atom stereocenters. The van der Waals surface area contributed by atoms with Gasteiger partial charge in [-0.2, -0.15) is 0 Å². The lowest BCUT2D eigenvalue weighted by atomic mass is 10.1. The highest BCUT2D eigenvalue weighted by Gasteiger charge is 2.22. The lowest BCUT2D eigenvalue weighted by molar-refractivity contribution is 0.431. The fourth-order valence-corrected chi connectivity index (χ4v) is 11.1. The second-order valence-corrected chi connectivity index (χ2v) is 15.4. The van der Waals surface area contributed by atoms with Crippen molar-refractivity contribution in [3.05, 3.63) is 120 Å². The number of nitrogens with one attached hydrogen (secondary N) is 2. The Morgan fingerprint density at radius 2 is 1.15 bits per heavy atom. The van der Waals surface area contributed by atoms with Gasteiger partial charge in [-0.1, -0.05) is 135 Å². The second-order valence-electron chi connectivity index (χ2n) is 10.8. The van der Waals surface area contributed by atoms with E-state index in [4.69, 9.17) is 0 Å². The van der Waals surface area contributed by atoms with Gasteiger partial charge in [-0.25, -0.2) is 0 Å². The molecule has 0 fully saturated rings. The molecule has 0 spiro atoms. The smallest absolute Gasteiger partial charge is 0.0215 e. The highest BCUT2D eigenvalue weighted by atomic mass is 31.1. The molecule has 208 valence electrons. The average molecular weight is 567 g/mol. The van der Waals surface area contributed by atoms with E-state index in [1.54, 1.807) is 10.6 Å². The van der Waals surface area contributed by atoms with E-state index in [-0.39, 0.29) is 0 Å². The van der Waals surface area contributed by atoms with Gasteiger partial charge in [0, 0.05) is 25.7 Å². The van der Waals surface area contributed by atoms with Crippen molar-refractivity contribution in [1.82, 2.24) is 10.6 Å². The molecule has 0 unspecified atom stereocenters. The van der Waals surface area contributed by atoms with Crippen molar-refractivity contribution in [2.24, 2.45) is 0 Å². The van der Waals surface area contributed by atoms with Gasteiger partial charge in [-0.15, -0.1) is 0 Å². The van der Waals surface area contributed by atoms with Crippen LogP contribution < -0.4 is 31.9 Å². The minimum atomic E-state index is -0.426. The van der Waals surface area contributed by atoms with Crippen LogP contribution in [0.1, 0.15) is 50.2 Å². The van der Waals surface area contributed by atoms with E-state index in [0.717, 1.165) is 19.6 Å². The number of hydrogen-bond donors (Lipinski definition) is 2. The summed E-state index contributed by atoms with van der Waals surface area (Å²) in [6.45, 7) is 5.16. The van der Waals surface area contributed by atoms with Crippen LogP contribution in [-0.2, 0) is 13.1 Å². The summed E-state index contributed by atoms with van der Waals surface area (Å²) in [7, 11) is -0.847. The molecule has 40 heavy (non-hydrogen) atoms. The van der Waals surface area contributed by atoms with E-state index >= 15 is 0 Å². The summed E-state index contributed by atoms with van der Waals surface area (Å²) in [5.41, 5.74) is 2.94. The molecule has 0 amide bonds. The van der Waals surface area contributed by atoms with Crippen molar-refractivity contribution in [2.75, 3.05) is 18.9 Å². The molecule has 0 bridgehead atoms. The summed E-state index contributed by atoms with van der Waals surface area (Å²) < 4.78 is 0. The Labute approximate surface area is 244 Å². The monoisotopic (exact) mass is 566 g/mol. The van der Waals surface area contributed by atoms with Crippen LogP contribution in [0.15, 0.2) is 109 Å². The van der Waals surface area contributed by atoms with Crippen LogP contribution in [0.5, 0.6) is 0 Å². The summed E-state index contributed by atoms with van der Waals surface area (Å²) in [5, 5.41) is 14.0. The Kier molecular flexibility index (Phi) is 11.4. The van der Waals surface area contributed by atoms with Crippen molar-refractivity contribution in [1.29, 1.82) is 0 Å². The van der Waals surface area contributed by atoms with E-state index in [9.17, 15) is 0 Å². The number of benzene rings is 4. The zero-order valence-electron chi connectivity index (χ0n) is 23.9. The first-order valence-electron chi connectivity index (χ1n) is 15.1. The minimum absolute atomic E-state index is 0.421. The molecule has 2 N–H and O–H groups in total. The molecule has 1 aliphatic heterocycles. The summed E-state index contributed by atoms with van der Waals surface area (Å²) >= 11 is 0. The first kappa shape index (κ1) is 29.2. The number of hydrogen-bond acceptors (Lipinski definition) is 2. The predicted octanol–water partition coefficient (Wildman–Crippen LogP) is 6.78. The molecular weight excluding hydrogens is 522 g/mol. The maximum atomic E-state index is 3.99. The topological polar surface area (TPSA) is 24.1 Å². The molecule has 0 saturated heterocycles. The fourth-order valence-electron chi connectivity index (χ4n) is 5.78. The normalized spacial score (nSPS) is 20.5. The molecule has 2 nitrogen and oxygen atoms in total. The molecule has 4 heteroatoms. The summed E-state index contributed by atoms with van der Waals surface area (Å²) in [5.74, 6) is 0. The lowest BCUT2D eigenvalue weighted by Gasteiger charge is -2.25. The quantitative estimate of drug-likeness (QED) is 0.199. The van der Waals surface area contributed by atoms with Crippen molar-refractivity contribution in [2.45, 2.75) is 58.2 Å². The van der Waals surface area contributed by atoms with Gasteiger partial charge in [0.05, 0.1) is 0 Å². The van der Waals surface area contributed by atoms with E-state index in [1.807, 2.05) is 0 Å². The maximum absolute atomic E-state index is 3.99. The van der Waals surface area contributed by atoms with Crippen molar-refractivity contribution in [3.63, 3.8) is 0 Å². The van der Waals surface area contributed by atoms with Crippen LogP contribution in [-0.4, -0.2) is 24.9 Å². The zero-order chi connectivity index (χ0) is 27.4. The van der Waals surface area contributed by atoms with Crippen LogP contribution >= 0.6 is 15.8 Å². The average Bonchev–Trinajstić information content (AvgIpc) is 3.01. The predicted molar refractivity (Wildman–Crippen MR) is 179 cm³/mol. The largest absolute Gasteiger partial charge is 0.311 e. The van der Waals surface area contributed by atoms with Crippen LogP contribution in [0.4, 0.5) is 0 Å². The highest BCUT2D eigenvalue weighted by molar-refractivity contribution is 7.74. The minimum Gasteiger partial charge on any atom is -0.311 e. The summed E-state index contributed by atoms with van der Waals surface area (Å²) in [6.07, 6.45) is 8.74. The maximum Gasteiger partial charge on any atom is 0.0215 e. The van der Waals surface area contributed by atoms with Crippen LogP contribution in [0, 0.1) is 0 Å². The van der Waals surface area contributed by atoms with Crippen LogP contribution in [0.25, 0.3) is 0 Å². The third kappa shape index (κ3) is 7.90. The molecule has 4 aromatic carbocycles. The van der Waals surface area contributed by atoms with Crippen molar-refractivity contribution >= 4 is 37.1 Å². The van der Waals surface area contributed by atoms with Crippen LogP contribution in [0.2, 0.25) is 0 Å². The third-order valence-electron chi connectivity index (χ3n) is 7.91. The number of rotatable bonds is 6. The van der Waals surface area contributed by atoms with Gasteiger partial charge < -0.3 is 10.6 Å². The third-order valence-corrected chi connectivity index (χ3v) is 13.3. The molecule has 0 saturated carbocycles. The first-order valence-corrected chi connectivity index (χ1v) is 18.1. The molecule has 0 aliphatic carbocycles. The SMILES string of the molecule is CCCCC[C@H]1CNCc2ccccc2[P@](c2ccccc2)CCC[P@@](c2ccccc2)c2ccccc2CN1. The van der Waals surface area contributed by atoms with E-state index in [1.165, 1.54) is 66.2 Å². The number of unbranched alkanes of at least 4 members (excludes halogenated alkanes) is 2. The van der Waals surface area contributed by atoms with E-state index in [2.05, 4.69) is 127 Å². The van der Waals surface area contributed by atoms with Crippen molar-refractivity contribution < 1.29 is 0 Å². The fraction of sp³-hybridized carbons (Fsp3) is 0.333. The Hall–Kier alpha value is -2.34. The molecule has 4 aromatic rings. The molecule has 1 aliphatic rings. The van der Waals surface area contributed by atoms with Gasteiger partial charge in [0.1, 0.15) is 0 Å². The molecule has 1 heterocycles. The molecule has 0 radical (unpaired) electrons. The highest BCUT2D eigenvalue weighted by Crippen LogP contribution is 2.40. The van der Waals surface area contributed by atoms with Gasteiger partial charge in [0.2, 0.25) is 0 Å².